The number of hydrogen-bond donors (Lipinski definition) is 1. The second-order valence-electron chi connectivity index (χ2n) is 5.95. The number of ether oxygens (including phenoxy) is 1. The van der Waals surface area contributed by atoms with Crippen LogP contribution in [0.1, 0.15) is 33.4 Å². The number of hydrogen-bond acceptors (Lipinski definition) is 5. The van der Waals surface area contributed by atoms with Crippen LogP contribution in [-0.4, -0.2) is 25.4 Å². The minimum absolute atomic E-state index is 0.115. The van der Waals surface area contributed by atoms with Gasteiger partial charge in [0.15, 0.2) is 23.2 Å². The lowest BCUT2D eigenvalue weighted by Crippen LogP contribution is -2.28. The first-order valence-corrected chi connectivity index (χ1v) is 6.76. The van der Waals surface area contributed by atoms with Crippen molar-refractivity contribution in [3.8, 4) is 0 Å². The predicted octanol–water partition coefficient (Wildman–Crippen LogP) is 2.24. The van der Waals surface area contributed by atoms with Crippen LogP contribution in [0.15, 0.2) is 25.0 Å². The Morgan fingerprint density at radius 1 is 1.38 bits per heavy atom. The maximum Gasteiger partial charge on any atom is 0.230 e. The smallest absolute Gasteiger partial charge is 0.230 e. The molecule has 7 heteroatoms. The molecule has 1 aliphatic heterocycles. The molecule has 0 aliphatic carbocycles. The second kappa shape index (κ2) is 4.83. The summed E-state index contributed by atoms with van der Waals surface area (Å²) in [6.07, 6.45) is 7.31. The summed E-state index contributed by atoms with van der Waals surface area (Å²) in [6, 6.07) is 0. The van der Waals surface area contributed by atoms with Crippen LogP contribution >= 0.6 is 0 Å². The summed E-state index contributed by atoms with van der Waals surface area (Å²) in [5, 5.41) is 2.81. The van der Waals surface area contributed by atoms with Crippen molar-refractivity contribution in [3.05, 3.63) is 25.0 Å². The average Bonchev–Trinajstić information content (AvgIpc) is 3.06. The summed E-state index contributed by atoms with van der Waals surface area (Å²) >= 11 is 0. The lowest BCUT2D eigenvalue weighted by atomic mass is 9.96. The van der Waals surface area contributed by atoms with Gasteiger partial charge in [-0.3, -0.25) is 9.36 Å². The average molecular weight is 287 g/mol. The number of imidazole rings is 1. The van der Waals surface area contributed by atoms with Gasteiger partial charge in [-0.25, -0.2) is 15.0 Å². The van der Waals surface area contributed by atoms with E-state index in [0.717, 1.165) is 6.42 Å². The number of aromatic nitrogens is 4. The zero-order valence-electron chi connectivity index (χ0n) is 12.2. The lowest BCUT2D eigenvalue weighted by Gasteiger charge is -2.17. The van der Waals surface area contributed by atoms with Gasteiger partial charge in [-0.1, -0.05) is 20.8 Å². The number of anilines is 1. The number of nitrogens with one attached hydrogen (secondary N) is 1. The molecular weight excluding hydrogens is 270 g/mol. The first-order valence-electron chi connectivity index (χ1n) is 6.76. The molecule has 1 atom stereocenters. The van der Waals surface area contributed by atoms with Crippen molar-refractivity contribution in [2.75, 3.05) is 5.32 Å². The van der Waals surface area contributed by atoms with Crippen molar-refractivity contribution in [2.45, 2.75) is 33.4 Å². The Labute approximate surface area is 122 Å². The molecule has 110 valence electrons. The highest BCUT2D eigenvalue weighted by Gasteiger charge is 2.24. The number of rotatable bonds is 2. The van der Waals surface area contributed by atoms with Gasteiger partial charge in [-0.15, -0.1) is 0 Å². The first-order chi connectivity index (χ1) is 9.97. The van der Waals surface area contributed by atoms with Crippen LogP contribution in [-0.2, 0) is 9.53 Å². The molecule has 2 aromatic rings. The van der Waals surface area contributed by atoms with Crippen molar-refractivity contribution in [2.24, 2.45) is 5.41 Å². The van der Waals surface area contributed by atoms with E-state index in [0.29, 0.717) is 17.0 Å². The fraction of sp³-hybridized carbons (Fsp3) is 0.429. The highest BCUT2D eigenvalue weighted by molar-refractivity contribution is 5.99. The van der Waals surface area contributed by atoms with Crippen LogP contribution in [0.5, 0.6) is 0 Å². The molecule has 1 amide bonds. The minimum atomic E-state index is -0.502. The summed E-state index contributed by atoms with van der Waals surface area (Å²) < 4.78 is 7.31. The molecule has 0 radical (unpaired) electrons. The SMILES string of the molecule is CC(C)(C)C(=O)Nc1ncnc2c1ncn2C1CC=CO1. The van der Waals surface area contributed by atoms with Gasteiger partial charge in [0.05, 0.1) is 6.26 Å². The Hall–Kier alpha value is -2.44. The van der Waals surface area contributed by atoms with Gasteiger partial charge in [-0.2, -0.15) is 0 Å². The van der Waals surface area contributed by atoms with Gasteiger partial charge < -0.3 is 10.1 Å². The van der Waals surface area contributed by atoms with E-state index in [2.05, 4.69) is 20.3 Å². The number of nitrogens with zero attached hydrogens (tertiary/aromatic N) is 4. The molecule has 1 unspecified atom stereocenters. The molecule has 0 saturated carbocycles. The Balaban J connectivity index is 1.96. The van der Waals surface area contributed by atoms with Crippen molar-refractivity contribution in [1.29, 1.82) is 0 Å². The molecule has 0 saturated heterocycles. The number of amides is 1. The van der Waals surface area contributed by atoms with Crippen LogP contribution in [0.4, 0.5) is 5.82 Å². The van der Waals surface area contributed by atoms with Gasteiger partial charge >= 0.3 is 0 Å². The standard InChI is InChI=1S/C14H17N5O2/c1-14(2,3)13(20)18-11-10-12(16-7-15-11)19(8-17-10)9-5-4-6-21-9/h4,6-9H,5H2,1-3H3,(H,15,16,18,20). The molecule has 0 spiro atoms. The second-order valence-corrected chi connectivity index (χ2v) is 5.95. The third-order valence-corrected chi connectivity index (χ3v) is 3.25. The summed E-state index contributed by atoms with van der Waals surface area (Å²) in [7, 11) is 0. The Kier molecular flexibility index (Phi) is 3.12. The normalized spacial score (nSPS) is 18.0. The third-order valence-electron chi connectivity index (χ3n) is 3.25. The van der Waals surface area contributed by atoms with Gasteiger partial charge in [0.2, 0.25) is 5.91 Å². The monoisotopic (exact) mass is 287 g/mol. The van der Waals surface area contributed by atoms with Crippen LogP contribution in [0.3, 0.4) is 0 Å². The van der Waals surface area contributed by atoms with Gasteiger partial charge in [0, 0.05) is 11.8 Å². The fourth-order valence-electron chi connectivity index (χ4n) is 2.00. The molecule has 3 heterocycles. The van der Waals surface area contributed by atoms with Crippen LogP contribution in [0.25, 0.3) is 11.2 Å². The zero-order valence-corrected chi connectivity index (χ0v) is 12.2. The Morgan fingerprint density at radius 2 is 2.19 bits per heavy atom. The zero-order chi connectivity index (χ0) is 15.0. The molecule has 0 fully saturated rings. The van der Waals surface area contributed by atoms with E-state index in [-0.39, 0.29) is 12.1 Å². The summed E-state index contributed by atoms with van der Waals surface area (Å²) in [5.41, 5.74) is 0.701. The van der Waals surface area contributed by atoms with Crippen LogP contribution < -0.4 is 5.32 Å². The van der Waals surface area contributed by atoms with Crippen molar-refractivity contribution in [3.63, 3.8) is 0 Å². The minimum Gasteiger partial charge on any atom is -0.478 e. The Morgan fingerprint density at radius 3 is 2.86 bits per heavy atom. The molecule has 1 N–H and O–H groups in total. The van der Waals surface area contributed by atoms with E-state index in [1.54, 1.807) is 12.6 Å². The van der Waals surface area contributed by atoms with E-state index in [1.807, 2.05) is 31.4 Å². The van der Waals surface area contributed by atoms with Crippen molar-refractivity contribution < 1.29 is 9.53 Å². The molecule has 2 aromatic heterocycles. The molecule has 0 aromatic carbocycles. The van der Waals surface area contributed by atoms with E-state index in [4.69, 9.17) is 4.74 Å². The number of fused-ring (bicyclic) bond motifs is 1. The lowest BCUT2D eigenvalue weighted by molar-refractivity contribution is -0.123. The predicted molar refractivity (Wildman–Crippen MR) is 77.3 cm³/mol. The number of carbonyl (C=O) groups is 1. The molecule has 1 aliphatic rings. The van der Waals surface area contributed by atoms with E-state index in [9.17, 15) is 4.79 Å². The van der Waals surface area contributed by atoms with Crippen molar-refractivity contribution in [1.82, 2.24) is 19.5 Å². The van der Waals surface area contributed by atoms with Gasteiger partial charge in [-0.05, 0) is 6.08 Å². The molecule has 3 rings (SSSR count). The van der Waals surface area contributed by atoms with E-state index in [1.165, 1.54) is 6.33 Å². The summed E-state index contributed by atoms with van der Waals surface area (Å²) in [4.78, 5) is 24.8. The van der Waals surface area contributed by atoms with E-state index >= 15 is 0 Å². The van der Waals surface area contributed by atoms with Gasteiger partial charge in [0.25, 0.3) is 0 Å². The summed E-state index contributed by atoms with van der Waals surface area (Å²) in [5.74, 6) is 0.306. The Bertz CT molecular complexity index is 706. The largest absolute Gasteiger partial charge is 0.478 e. The molecular formula is C14H17N5O2. The molecule has 21 heavy (non-hydrogen) atoms. The van der Waals surface area contributed by atoms with E-state index < -0.39 is 5.41 Å². The number of carbonyl (C=O) groups excluding carboxylic acids is 1. The molecule has 0 bridgehead atoms. The molecule has 7 nitrogen and oxygen atoms in total. The maximum atomic E-state index is 12.1. The van der Waals surface area contributed by atoms with Gasteiger partial charge in [0.1, 0.15) is 12.7 Å². The van der Waals surface area contributed by atoms with Crippen LogP contribution in [0.2, 0.25) is 0 Å². The van der Waals surface area contributed by atoms with Crippen molar-refractivity contribution >= 4 is 22.9 Å². The van der Waals surface area contributed by atoms with Crippen LogP contribution in [0, 0.1) is 5.41 Å². The topological polar surface area (TPSA) is 81.9 Å². The fourth-order valence-corrected chi connectivity index (χ4v) is 2.00. The highest BCUT2D eigenvalue weighted by atomic mass is 16.5. The first kappa shape index (κ1) is 13.5. The third kappa shape index (κ3) is 2.46. The quantitative estimate of drug-likeness (QED) is 0.916. The highest BCUT2D eigenvalue weighted by Crippen LogP contribution is 2.27. The summed E-state index contributed by atoms with van der Waals surface area (Å²) in [6.45, 7) is 5.53. The maximum absolute atomic E-state index is 12.1.